The van der Waals surface area contributed by atoms with Gasteiger partial charge in [-0.2, -0.15) is 10.1 Å². The van der Waals surface area contributed by atoms with Gasteiger partial charge in [-0.3, -0.25) is 14.9 Å². The van der Waals surface area contributed by atoms with Crippen LogP contribution in [0.25, 0.3) is 5.69 Å². The van der Waals surface area contributed by atoms with Crippen molar-refractivity contribution in [2.75, 3.05) is 6.54 Å². The molecule has 0 saturated heterocycles. The molecule has 1 N–H and O–H groups in total. The van der Waals surface area contributed by atoms with E-state index in [1.165, 1.54) is 16.8 Å². The lowest BCUT2D eigenvalue weighted by molar-refractivity contribution is -0.384. The minimum Gasteiger partial charge on any atom is -0.351 e. The summed E-state index contributed by atoms with van der Waals surface area (Å²) in [5, 5.41) is 21.7. The van der Waals surface area contributed by atoms with Crippen LogP contribution in [0.1, 0.15) is 48.4 Å². The molecular weight excluding hydrogens is 364 g/mol. The molecule has 0 spiro atoms. The van der Waals surface area contributed by atoms with Gasteiger partial charge >= 0.3 is 0 Å². The Morgan fingerprint density at radius 2 is 2.18 bits per heavy atom. The van der Waals surface area contributed by atoms with Crippen molar-refractivity contribution in [2.24, 2.45) is 0 Å². The summed E-state index contributed by atoms with van der Waals surface area (Å²) in [5.41, 5.74) is 0.692. The van der Waals surface area contributed by atoms with E-state index in [0.29, 0.717) is 36.8 Å². The Morgan fingerprint density at radius 3 is 2.89 bits per heavy atom. The summed E-state index contributed by atoms with van der Waals surface area (Å²) in [4.78, 5) is 26.9. The van der Waals surface area contributed by atoms with Crippen molar-refractivity contribution >= 4 is 11.6 Å². The van der Waals surface area contributed by atoms with E-state index in [1.54, 1.807) is 24.4 Å². The van der Waals surface area contributed by atoms with Crippen molar-refractivity contribution in [3.63, 3.8) is 0 Å². The molecule has 0 fully saturated rings. The highest BCUT2D eigenvalue weighted by Crippen LogP contribution is 2.16. The highest BCUT2D eigenvalue weighted by molar-refractivity contribution is 5.92. The lowest BCUT2D eigenvalue weighted by Crippen LogP contribution is -2.25. The van der Waals surface area contributed by atoms with Gasteiger partial charge in [0.25, 0.3) is 11.6 Å². The zero-order valence-corrected chi connectivity index (χ0v) is 15.5. The van der Waals surface area contributed by atoms with Crippen LogP contribution in [0.4, 0.5) is 5.69 Å². The zero-order chi connectivity index (χ0) is 20.1. The van der Waals surface area contributed by atoms with Crippen LogP contribution in [0.5, 0.6) is 0 Å². The smallest absolute Gasteiger partial charge is 0.271 e. The first-order valence-electron chi connectivity index (χ1n) is 8.85. The van der Waals surface area contributed by atoms with E-state index >= 15 is 0 Å². The Kier molecular flexibility index (Phi) is 5.78. The minimum atomic E-state index is -0.478. The number of rotatable bonds is 8. The van der Waals surface area contributed by atoms with Gasteiger partial charge in [-0.15, -0.1) is 0 Å². The molecule has 0 atom stereocenters. The van der Waals surface area contributed by atoms with Gasteiger partial charge in [0.2, 0.25) is 5.89 Å². The summed E-state index contributed by atoms with van der Waals surface area (Å²) in [7, 11) is 0. The van der Waals surface area contributed by atoms with Crippen molar-refractivity contribution in [3.8, 4) is 5.69 Å². The number of carbonyl (C=O) groups is 1. The van der Waals surface area contributed by atoms with Crippen LogP contribution in [0, 0.1) is 10.1 Å². The second-order valence-corrected chi connectivity index (χ2v) is 6.48. The monoisotopic (exact) mass is 384 g/mol. The molecule has 0 saturated carbocycles. The summed E-state index contributed by atoms with van der Waals surface area (Å²) in [6, 6.07) is 7.59. The normalized spacial score (nSPS) is 11.0. The number of nitro benzene ring substituents is 1. The van der Waals surface area contributed by atoms with Crippen LogP contribution in [-0.4, -0.2) is 37.3 Å². The molecule has 3 rings (SSSR count). The molecule has 1 aromatic carbocycles. The Balaban J connectivity index is 1.52. The van der Waals surface area contributed by atoms with Gasteiger partial charge in [0, 0.05) is 37.2 Å². The molecule has 10 nitrogen and oxygen atoms in total. The van der Waals surface area contributed by atoms with Crippen molar-refractivity contribution < 1.29 is 14.2 Å². The molecule has 2 heterocycles. The van der Waals surface area contributed by atoms with Gasteiger partial charge in [0.05, 0.1) is 10.6 Å². The Labute approximate surface area is 160 Å². The molecule has 3 aromatic rings. The van der Waals surface area contributed by atoms with E-state index in [2.05, 4.69) is 20.6 Å². The van der Waals surface area contributed by atoms with Crippen LogP contribution >= 0.6 is 0 Å². The van der Waals surface area contributed by atoms with Crippen molar-refractivity contribution in [3.05, 3.63) is 64.1 Å². The molecule has 1 amide bonds. The second-order valence-electron chi connectivity index (χ2n) is 6.48. The summed E-state index contributed by atoms with van der Waals surface area (Å²) < 4.78 is 6.58. The van der Waals surface area contributed by atoms with Crippen molar-refractivity contribution in [1.82, 2.24) is 25.2 Å². The maximum atomic E-state index is 12.2. The molecule has 0 aliphatic carbocycles. The minimum absolute atomic E-state index is 0.0411. The molecule has 0 aliphatic heterocycles. The molecular formula is C18H20N6O4. The molecule has 0 unspecified atom stereocenters. The highest BCUT2D eigenvalue weighted by atomic mass is 16.6. The summed E-state index contributed by atoms with van der Waals surface area (Å²) in [6.07, 6.45) is 2.80. The summed E-state index contributed by atoms with van der Waals surface area (Å²) >= 11 is 0. The quantitative estimate of drug-likeness (QED) is 0.359. The van der Waals surface area contributed by atoms with Gasteiger partial charge < -0.3 is 9.84 Å². The molecule has 28 heavy (non-hydrogen) atoms. The third-order valence-electron chi connectivity index (χ3n) is 3.98. The number of nitrogens with one attached hydrogen (secondary N) is 1. The standard InChI is InChI=1S/C18H20N6O4/c1-12(2)17-20-16(28-22-17)7-4-9-19-18(25)15-8-10-23(21-15)13-5-3-6-14(11-13)24(26)27/h3,5-6,8,10-12H,4,7,9H2,1-2H3,(H,19,25). The van der Waals surface area contributed by atoms with E-state index in [4.69, 9.17) is 4.52 Å². The van der Waals surface area contributed by atoms with Gasteiger partial charge in [-0.25, -0.2) is 4.68 Å². The summed E-state index contributed by atoms with van der Waals surface area (Å²) in [5.74, 6) is 1.11. The Morgan fingerprint density at radius 1 is 1.36 bits per heavy atom. The molecule has 146 valence electrons. The van der Waals surface area contributed by atoms with Gasteiger partial charge in [0.15, 0.2) is 11.5 Å². The first-order valence-corrected chi connectivity index (χ1v) is 8.85. The molecule has 0 bridgehead atoms. The fraction of sp³-hybridized carbons (Fsp3) is 0.333. The van der Waals surface area contributed by atoms with Crippen molar-refractivity contribution in [1.29, 1.82) is 0 Å². The first kappa shape index (κ1) is 19.2. The molecule has 0 aliphatic rings. The number of aromatic nitrogens is 4. The third kappa shape index (κ3) is 4.58. The van der Waals surface area contributed by atoms with Crippen LogP contribution < -0.4 is 5.32 Å². The Hall–Kier alpha value is -3.56. The number of nitro groups is 1. The maximum Gasteiger partial charge on any atom is 0.271 e. The van der Waals surface area contributed by atoms with E-state index in [0.717, 1.165) is 0 Å². The number of hydrogen-bond donors (Lipinski definition) is 1. The fourth-order valence-corrected chi connectivity index (χ4v) is 2.47. The number of hydrogen-bond acceptors (Lipinski definition) is 7. The highest BCUT2D eigenvalue weighted by Gasteiger charge is 2.13. The number of benzene rings is 1. The van der Waals surface area contributed by atoms with E-state index in [9.17, 15) is 14.9 Å². The number of carbonyl (C=O) groups excluding carboxylic acids is 1. The fourth-order valence-electron chi connectivity index (χ4n) is 2.47. The Bertz CT molecular complexity index is 978. The first-order chi connectivity index (χ1) is 13.4. The van der Waals surface area contributed by atoms with Crippen LogP contribution in [0.15, 0.2) is 41.1 Å². The SMILES string of the molecule is CC(C)c1noc(CCCNC(=O)c2ccn(-c3cccc([N+](=O)[O-])c3)n2)n1. The van der Waals surface area contributed by atoms with Gasteiger partial charge in [-0.05, 0) is 18.6 Å². The van der Waals surface area contributed by atoms with Crippen LogP contribution in [0.3, 0.4) is 0 Å². The number of amides is 1. The topological polar surface area (TPSA) is 129 Å². The number of non-ortho nitro benzene ring substituents is 1. The third-order valence-corrected chi connectivity index (χ3v) is 3.98. The maximum absolute atomic E-state index is 12.2. The lowest BCUT2D eigenvalue weighted by atomic mass is 10.2. The summed E-state index contributed by atoms with van der Waals surface area (Å²) in [6.45, 7) is 4.41. The largest absolute Gasteiger partial charge is 0.351 e. The second kappa shape index (κ2) is 8.42. The zero-order valence-electron chi connectivity index (χ0n) is 15.5. The molecule has 2 aromatic heterocycles. The van der Waals surface area contributed by atoms with E-state index in [1.807, 2.05) is 13.8 Å². The predicted molar refractivity (Wildman–Crippen MR) is 99.3 cm³/mol. The van der Waals surface area contributed by atoms with Crippen LogP contribution in [-0.2, 0) is 6.42 Å². The molecule has 10 heteroatoms. The van der Waals surface area contributed by atoms with E-state index in [-0.39, 0.29) is 23.2 Å². The van der Waals surface area contributed by atoms with E-state index < -0.39 is 4.92 Å². The van der Waals surface area contributed by atoms with Crippen LogP contribution in [0.2, 0.25) is 0 Å². The molecule has 0 radical (unpaired) electrons. The van der Waals surface area contributed by atoms with Gasteiger partial charge in [-0.1, -0.05) is 25.1 Å². The van der Waals surface area contributed by atoms with Crippen molar-refractivity contribution in [2.45, 2.75) is 32.6 Å². The predicted octanol–water partition coefficient (Wildman–Crippen LogP) is 2.65. The average Bonchev–Trinajstić information content (AvgIpc) is 3.35. The average molecular weight is 384 g/mol. The lowest BCUT2D eigenvalue weighted by Gasteiger charge is -2.02. The number of aryl methyl sites for hydroxylation is 1. The van der Waals surface area contributed by atoms with Gasteiger partial charge in [0.1, 0.15) is 0 Å². The number of nitrogens with zero attached hydrogens (tertiary/aromatic N) is 5.